The van der Waals surface area contributed by atoms with Gasteiger partial charge in [0.1, 0.15) is 5.60 Å². The summed E-state index contributed by atoms with van der Waals surface area (Å²) in [5, 5.41) is 5.09. The number of benzene rings is 1. The minimum absolute atomic E-state index is 0.123. The quantitative estimate of drug-likeness (QED) is 0.916. The third kappa shape index (κ3) is 3.26. The van der Waals surface area contributed by atoms with Crippen LogP contribution in [0.2, 0.25) is 0 Å². The molecule has 2 aromatic rings. The van der Waals surface area contributed by atoms with Gasteiger partial charge in [-0.1, -0.05) is 36.4 Å². The molecule has 1 atom stereocenters. The molecule has 0 radical (unpaired) electrons. The fourth-order valence-electron chi connectivity index (χ4n) is 1.82. The normalized spacial score (nSPS) is 12.9. The van der Waals surface area contributed by atoms with Crippen LogP contribution in [0.3, 0.4) is 0 Å². The lowest BCUT2D eigenvalue weighted by atomic mass is 10.0. The molecular weight excluding hydrogens is 270 g/mol. The predicted octanol–water partition coefficient (Wildman–Crippen LogP) is 3.38. The second-order valence-electron chi connectivity index (χ2n) is 5.05. The van der Waals surface area contributed by atoms with E-state index in [4.69, 9.17) is 4.74 Å². The topological polar surface area (TPSA) is 38.3 Å². The van der Waals surface area contributed by atoms with Gasteiger partial charge in [0, 0.05) is 12.0 Å². The number of rotatable bonds is 5. The Kier molecular flexibility index (Phi) is 4.57. The van der Waals surface area contributed by atoms with Crippen LogP contribution in [0.4, 0.5) is 0 Å². The molecule has 1 aromatic heterocycles. The molecule has 0 spiro atoms. The van der Waals surface area contributed by atoms with Crippen molar-refractivity contribution >= 4 is 17.2 Å². The number of carbonyl (C=O) groups is 1. The van der Waals surface area contributed by atoms with Crippen LogP contribution in [0.1, 0.15) is 30.3 Å². The number of hydrogen-bond acceptors (Lipinski definition) is 3. The van der Waals surface area contributed by atoms with E-state index in [2.05, 4.69) is 5.32 Å². The maximum atomic E-state index is 12.3. The summed E-state index contributed by atoms with van der Waals surface area (Å²) in [5.41, 5.74) is 0.222. The third-order valence-electron chi connectivity index (χ3n) is 3.29. The Morgan fingerprint density at radius 3 is 2.45 bits per heavy atom. The Hall–Kier alpha value is -1.65. The highest BCUT2D eigenvalue weighted by atomic mass is 32.1. The van der Waals surface area contributed by atoms with Gasteiger partial charge in [-0.2, -0.15) is 0 Å². The lowest BCUT2D eigenvalue weighted by Crippen LogP contribution is -2.45. The maximum Gasteiger partial charge on any atom is 0.252 e. The molecule has 0 saturated heterocycles. The number of hydrogen-bond donors (Lipinski definition) is 1. The summed E-state index contributed by atoms with van der Waals surface area (Å²) in [7, 11) is 1.54. The summed E-state index contributed by atoms with van der Waals surface area (Å²) in [5.74, 6) is -0.123. The average molecular weight is 289 g/mol. The molecule has 3 nitrogen and oxygen atoms in total. The number of amides is 1. The van der Waals surface area contributed by atoms with E-state index in [1.807, 2.05) is 47.8 Å². The highest BCUT2D eigenvalue weighted by molar-refractivity contribution is 7.10. The summed E-state index contributed by atoms with van der Waals surface area (Å²) >= 11 is 1.63. The molecule has 4 heteroatoms. The summed E-state index contributed by atoms with van der Waals surface area (Å²) in [6, 6.07) is 13.8. The van der Waals surface area contributed by atoms with E-state index in [0.29, 0.717) is 0 Å². The van der Waals surface area contributed by atoms with Crippen molar-refractivity contribution in [1.29, 1.82) is 0 Å². The second kappa shape index (κ2) is 6.20. The Labute approximate surface area is 123 Å². The molecule has 0 aliphatic rings. The molecule has 1 N–H and O–H groups in total. The van der Waals surface area contributed by atoms with Crippen molar-refractivity contribution in [2.75, 3.05) is 7.11 Å². The smallest absolute Gasteiger partial charge is 0.252 e. The number of nitrogens with one attached hydrogen (secondary N) is 1. The zero-order valence-electron chi connectivity index (χ0n) is 11.9. The van der Waals surface area contributed by atoms with Gasteiger partial charge < -0.3 is 10.1 Å². The van der Waals surface area contributed by atoms with Crippen LogP contribution in [0, 0.1) is 0 Å². The van der Waals surface area contributed by atoms with Gasteiger partial charge in [0.05, 0.1) is 6.04 Å². The standard InChI is InChI=1S/C16H19NO2S/c1-16(2,19-3)15(18)17-14(13-10-7-11-20-13)12-8-5-4-6-9-12/h4-11,14H,1-3H3,(H,17,18). The van der Waals surface area contributed by atoms with Crippen molar-refractivity contribution in [3.8, 4) is 0 Å². The van der Waals surface area contributed by atoms with Crippen molar-refractivity contribution in [2.45, 2.75) is 25.5 Å². The first-order valence-corrected chi connectivity index (χ1v) is 7.37. The first kappa shape index (κ1) is 14.8. The Morgan fingerprint density at radius 1 is 1.20 bits per heavy atom. The van der Waals surface area contributed by atoms with Crippen LogP contribution in [0.15, 0.2) is 47.8 Å². The molecule has 1 unspecified atom stereocenters. The van der Waals surface area contributed by atoms with Gasteiger partial charge in [0.25, 0.3) is 5.91 Å². The molecule has 0 saturated carbocycles. The van der Waals surface area contributed by atoms with Crippen molar-refractivity contribution in [2.24, 2.45) is 0 Å². The van der Waals surface area contributed by atoms with Gasteiger partial charge in [-0.15, -0.1) is 11.3 Å². The van der Waals surface area contributed by atoms with Crippen molar-refractivity contribution in [3.63, 3.8) is 0 Å². The van der Waals surface area contributed by atoms with Crippen LogP contribution < -0.4 is 5.32 Å². The fourth-order valence-corrected chi connectivity index (χ4v) is 2.62. The van der Waals surface area contributed by atoms with Crippen molar-refractivity contribution in [1.82, 2.24) is 5.32 Å². The number of methoxy groups -OCH3 is 1. The van der Waals surface area contributed by atoms with Crippen molar-refractivity contribution in [3.05, 3.63) is 58.3 Å². The molecule has 2 rings (SSSR count). The predicted molar refractivity (Wildman–Crippen MR) is 81.8 cm³/mol. The molecule has 0 fully saturated rings. The number of thiophene rings is 1. The molecular formula is C16H19NO2S. The van der Waals surface area contributed by atoms with E-state index in [1.54, 1.807) is 32.3 Å². The van der Waals surface area contributed by atoms with Crippen molar-refractivity contribution < 1.29 is 9.53 Å². The molecule has 1 aromatic carbocycles. The van der Waals surface area contributed by atoms with E-state index in [0.717, 1.165) is 10.4 Å². The van der Waals surface area contributed by atoms with Crippen LogP contribution in [0.5, 0.6) is 0 Å². The number of carbonyl (C=O) groups excluding carboxylic acids is 1. The van der Waals surface area contributed by atoms with Gasteiger partial charge in [0.2, 0.25) is 0 Å². The van der Waals surface area contributed by atoms with Gasteiger partial charge in [-0.25, -0.2) is 0 Å². The highest BCUT2D eigenvalue weighted by Gasteiger charge is 2.30. The van der Waals surface area contributed by atoms with Gasteiger partial charge in [-0.3, -0.25) is 4.79 Å². The summed E-state index contributed by atoms with van der Waals surface area (Å²) in [6.45, 7) is 3.53. The molecule has 20 heavy (non-hydrogen) atoms. The first-order chi connectivity index (χ1) is 9.54. The van der Waals surface area contributed by atoms with E-state index in [-0.39, 0.29) is 11.9 Å². The molecule has 1 amide bonds. The van der Waals surface area contributed by atoms with E-state index < -0.39 is 5.60 Å². The zero-order chi connectivity index (χ0) is 14.6. The zero-order valence-corrected chi connectivity index (χ0v) is 12.7. The molecule has 0 aliphatic carbocycles. The fraction of sp³-hybridized carbons (Fsp3) is 0.312. The van der Waals surface area contributed by atoms with Crippen LogP contribution in [0.25, 0.3) is 0 Å². The maximum absolute atomic E-state index is 12.3. The molecule has 0 bridgehead atoms. The first-order valence-electron chi connectivity index (χ1n) is 6.49. The summed E-state index contributed by atoms with van der Waals surface area (Å²) in [4.78, 5) is 13.5. The number of ether oxygens (including phenoxy) is 1. The Bertz CT molecular complexity index is 549. The van der Waals surface area contributed by atoms with Crippen LogP contribution >= 0.6 is 11.3 Å². The largest absolute Gasteiger partial charge is 0.369 e. The summed E-state index contributed by atoms with van der Waals surface area (Å²) < 4.78 is 5.24. The monoisotopic (exact) mass is 289 g/mol. The second-order valence-corrected chi connectivity index (χ2v) is 6.03. The van der Waals surface area contributed by atoms with E-state index >= 15 is 0 Å². The minimum atomic E-state index is -0.843. The van der Waals surface area contributed by atoms with Crippen LogP contribution in [-0.2, 0) is 9.53 Å². The highest BCUT2D eigenvalue weighted by Crippen LogP contribution is 2.26. The van der Waals surface area contributed by atoms with Gasteiger partial charge >= 0.3 is 0 Å². The van der Waals surface area contributed by atoms with Gasteiger partial charge in [-0.05, 0) is 30.9 Å². The lowest BCUT2D eigenvalue weighted by Gasteiger charge is -2.26. The van der Waals surface area contributed by atoms with E-state index in [1.165, 1.54) is 0 Å². The van der Waals surface area contributed by atoms with Gasteiger partial charge in [0.15, 0.2) is 0 Å². The minimum Gasteiger partial charge on any atom is -0.369 e. The van der Waals surface area contributed by atoms with Crippen LogP contribution in [-0.4, -0.2) is 18.6 Å². The lowest BCUT2D eigenvalue weighted by molar-refractivity contribution is -0.140. The summed E-state index contributed by atoms with van der Waals surface area (Å²) in [6.07, 6.45) is 0. The van der Waals surface area contributed by atoms with E-state index in [9.17, 15) is 4.79 Å². The average Bonchev–Trinajstić information content (AvgIpc) is 2.99. The molecule has 0 aliphatic heterocycles. The Morgan fingerprint density at radius 2 is 1.90 bits per heavy atom. The Balaban J connectivity index is 2.28. The SMILES string of the molecule is COC(C)(C)C(=O)NC(c1ccccc1)c1cccs1. The third-order valence-corrected chi connectivity index (χ3v) is 4.23. The molecule has 1 heterocycles. The molecule has 106 valence electrons.